The highest BCUT2D eigenvalue weighted by molar-refractivity contribution is 9.10. The summed E-state index contributed by atoms with van der Waals surface area (Å²) in [5.74, 6) is 1.75. The lowest BCUT2D eigenvalue weighted by Gasteiger charge is -2.19. The van der Waals surface area contributed by atoms with E-state index in [4.69, 9.17) is 0 Å². The first-order chi connectivity index (χ1) is 8.97. The number of halogens is 1. The molecule has 1 heterocycles. The second-order valence-corrected chi connectivity index (χ2v) is 5.32. The number of rotatable bonds is 6. The molecule has 1 N–H and O–H groups in total. The van der Waals surface area contributed by atoms with E-state index in [-0.39, 0.29) is 18.4 Å². The molecular formula is C13H21BrN4O. The molecule has 0 saturated carbocycles. The Hall–Kier alpha value is -1.17. The fourth-order valence-electron chi connectivity index (χ4n) is 1.64. The molecule has 5 nitrogen and oxygen atoms in total. The van der Waals surface area contributed by atoms with Gasteiger partial charge < -0.3 is 10.2 Å². The lowest BCUT2D eigenvalue weighted by atomic mass is 10.2. The highest BCUT2D eigenvalue weighted by Gasteiger charge is 2.11. The Labute approximate surface area is 122 Å². The third-order valence-corrected chi connectivity index (χ3v) is 3.17. The van der Waals surface area contributed by atoms with E-state index in [9.17, 15) is 4.79 Å². The molecule has 1 aromatic heterocycles. The fraction of sp³-hybridized carbons (Fsp3) is 0.615. The first-order valence-corrected chi connectivity index (χ1v) is 7.33. The van der Waals surface area contributed by atoms with Gasteiger partial charge in [0, 0.05) is 25.1 Å². The van der Waals surface area contributed by atoms with Crippen molar-refractivity contribution in [3.05, 3.63) is 16.5 Å². The van der Waals surface area contributed by atoms with Gasteiger partial charge in [-0.2, -0.15) is 0 Å². The Bertz CT molecular complexity index is 433. The molecule has 0 spiro atoms. The van der Waals surface area contributed by atoms with E-state index in [0.717, 1.165) is 23.5 Å². The second-order valence-electron chi connectivity index (χ2n) is 4.51. The molecule has 0 atom stereocenters. The number of hydrogen-bond donors (Lipinski definition) is 1. The number of carbonyl (C=O) groups is 1. The molecule has 1 rings (SSSR count). The first-order valence-electron chi connectivity index (χ1n) is 6.54. The summed E-state index contributed by atoms with van der Waals surface area (Å²) in [5.41, 5.74) is 0. The number of likely N-dealkylation sites (N-methyl/N-ethyl adjacent to an activating group) is 1. The normalized spacial score (nSPS) is 10.6. The van der Waals surface area contributed by atoms with E-state index in [1.165, 1.54) is 0 Å². The summed E-state index contributed by atoms with van der Waals surface area (Å²) < 4.78 is 0.726. The van der Waals surface area contributed by atoms with Gasteiger partial charge in [0.05, 0.1) is 6.54 Å². The molecule has 0 fully saturated rings. The third kappa shape index (κ3) is 4.78. The van der Waals surface area contributed by atoms with E-state index in [1.54, 1.807) is 11.0 Å². The molecule has 0 unspecified atom stereocenters. The molecule has 0 saturated heterocycles. The minimum atomic E-state index is 0.0748. The quantitative estimate of drug-likeness (QED) is 0.815. The first kappa shape index (κ1) is 15.9. The average molecular weight is 329 g/mol. The van der Waals surface area contributed by atoms with Crippen molar-refractivity contribution in [3.63, 3.8) is 0 Å². The largest absolute Gasteiger partial charge is 0.361 e. The molecule has 1 aromatic rings. The average Bonchev–Trinajstić information content (AvgIpc) is 2.37. The number of amides is 1. The zero-order chi connectivity index (χ0) is 14.4. The van der Waals surface area contributed by atoms with Crippen LogP contribution in [0.2, 0.25) is 0 Å². The molecule has 0 aliphatic heterocycles. The predicted octanol–water partition coefficient (Wildman–Crippen LogP) is 2.64. The lowest BCUT2D eigenvalue weighted by Crippen LogP contribution is -2.35. The van der Waals surface area contributed by atoms with Crippen LogP contribution in [0.1, 0.15) is 39.4 Å². The van der Waals surface area contributed by atoms with Crippen molar-refractivity contribution in [3.8, 4) is 0 Å². The van der Waals surface area contributed by atoms with Crippen LogP contribution in [-0.2, 0) is 4.79 Å². The zero-order valence-corrected chi connectivity index (χ0v) is 13.5. The van der Waals surface area contributed by atoms with Crippen molar-refractivity contribution >= 4 is 27.7 Å². The smallest absolute Gasteiger partial charge is 0.241 e. The van der Waals surface area contributed by atoms with Gasteiger partial charge in [0.25, 0.3) is 0 Å². The zero-order valence-electron chi connectivity index (χ0n) is 11.9. The number of carbonyl (C=O) groups excluding carboxylic acids is 1. The lowest BCUT2D eigenvalue weighted by molar-refractivity contribution is -0.128. The van der Waals surface area contributed by atoms with E-state index in [1.807, 2.05) is 27.7 Å². The Kier molecular flexibility index (Phi) is 6.21. The van der Waals surface area contributed by atoms with Crippen molar-refractivity contribution in [1.29, 1.82) is 0 Å². The van der Waals surface area contributed by atoms with Crippen molar-refractivity contribution in [1.82, 2.24) is 14.9 Å². The SMILES string of the molecule is CCN(CC)C(=O)CNc1cc(Br)nc(C(C)C)n1. The number of aromatic nitrogens is 2. The van der Waals surface area contributed by atoms with Gasteiger partial charge in [-0.15, -0.1) is 0 Å². The maximum atomic E-state index is 11.9. The van der Waals surface area contributed by atoms with Crippen molar-refractivity contribution < 1.29 is 4.79 Å². The summed E-state index contributed by atoms with van der Waals surface area (Å²) >= 11 is 3.36. The second kappa shape index (κ2) is 7.43. The molecule has 19 heavy (non-hydrogen) atoms. The molecule has 0 radical (unpaired) electrons. The predicted molar refractivity (Wildman–Crippen MR) is 80.2 cm³/mol. The van der Waals surface area contributed by atoms with Gasteiger partial charge in [-0.3, -0.25) is 4.79 Å². The molecular weight excluding hydrogens is 308 g/mol. The van der Waals surface area contributed by atoms with Gasteiger partial charge in [0.15, 0.2) is 0 Å². The maximum absolute atomic E-state index is 11.9. The summed E-state index contributed by atoms with van der Waals surface area (Å²) in [6.07, 6.45) is 0. The van der Waals surface area contributed by atoms with Gasteiger partial charge >= 0.3 is 0 Å². The van der Waals surface area contributed by atoms with Crippen LogP contribution in [0.4, 0.5) is 5.82 Å². The fourth-order valence-corrected chi connectivity index (χ4v) is 2.04. The van der Waals surface area contributed by atoms with Gasteiger partial charge in [-0.1, -0.05) is 13.8 Å². The van der Waals surface area contributed by atoms with Crippen LogP contribution < -0.4 is 5.32 Å². The maximum Gasteiger partial charge on any atom is 0.241 e. The Balaban J connectivity index is 2.70. The van der Waals surface area contributed by atoms with Crippen LogP contribution in [0.3, 0.4) is 0 Å². The van der Waals surface area contributed by atoms with E-state index < -0.39 is 0 Å². The number of nitrogens with one attached hydrogen (secondary N) is 1. The van der Waals surface area contributed by atoms with E-state index in [0.29, 0.717) is 5.82 Å². The number of anilines is 1. The number of nitrogens with zero attached hydrogens (tertiary/aromatic N) is 3. The third-order valence-electron chi connectivity index (χ3n) is 2.77. The minimum Gasteiger partial charge on any atom is -0.361 e. The Morgan fingerprint density at radius 1 is 1.37 bits per heavy atom. The van der Waals surface area contributed by atoms with Crippen LogP contribution in [0.25, 0.3) is 0 Å². The van der Waals surface area contributed by atoms with Crippen molar-refractivity contribution in [2.24, 2.45) is 0 Å². The van der Waals surface area contributed by atoms with Crippen molar-refractivity contribution in [2.45, 2.75) is 33.6 Å². The van der Waals surface area contributed by atoms with Gasteiger partial charge in [0.2, 0.25) is 5.91 Å². The molecule has 0 aliphatic rings. The molecule has 0 bridgehead atoms. The molecule has 6 heteroatoms. The summed E-state index contributed by atoms with van der Waals surface area (Å²) in [6.45, 7) is 9.71. The summed E-state index contributed by atoms with van der Waals surface area (Å²) in [5, 5.41) is 3.06. The van der Waals surface area contributed by atoms with Crippen LogP contribution in [-0.4, -0.2) is 40.4 Å². The van der Waals surface area contributed by atoms with Crippen LogP contribution in [0.5, 0.6) is 0 Å². The standard InChI is InChI=1S/C13H21BrN4O/c1-5-18(6-2)12(19)8-15-11-7-10(14)16-13(17-11)9(3)4/h7,9H,5-6,8H2,1-4H3,(H,15,16,17). The monoisotopic (exact) mass is 328 g/mol. The van der Waals surface area contributed by atoms with E-state index in [2.05, 4.69) is 31.2 Å². The summed E-state index contributed by atoms with van der Waals surface area (Å²) in [4.78, 5) is 22.4. The Morgan fingerprint density at radius 3 is 2.53 bits per heavy atom. The van der Waals surface area contributed by atoms with Crippen LogP contribution in [0.15, 0.2) is 10.7 Å². The molecule has 1 amide bonds. The van der Waals surface area contributed by atoms with Crippen molar-refractivity contribution in [2.75, 3.05) is 25.0 Å². The minimum absolute atomic E-state index is 0.0748. The summed E-state index contributed by atoms with van der Waals surface area (Å²) in [7, 11) is 0. The molecule has 106 valence electrons. The van der Waals surface area contributed by atoms with Crippen LogP contribution in [0, 0.1) is 0 Å². The highest BCUT2D eigenvalue weighted by Crippen LogP contribution is 2.17. The molecule has 0 aliphatic carbocycles. The van der Waals surface area contributed by atoms with Gasteiger partial charge in [-0.05, 0) is 29.8 Å². The van der Waals surface area contributed by atoms with E-state index >= 15 is 0 Å². The van der Waals surface area contributed by atoms with Crippen LogP contribution >= 0.6 is 15.9 Å². The van der Waals surface area contributed by atoms with Gasteiger partial charge in [-0.25, -0.2) is 9.97 Å². The number of hydrogen-bond acceptors (Lipinski definition) is 4. The Morgan fingerprint density at radius 2 is 2.00 bits per heavy atom. The summed E-state index contributed by atoms with van der Waals surface area (Å²) in [6, 6.07) is 1.78. The topological polar surface area (TPSA) is 58.1 Å². The molecule has 0 aromatic carbocycles. The van der Waals surface area contributed by atoms with Gasteiger partial charge in [0.1, 0.15) is 16.2 Å². The highest BCUT2D eigenvalue weighted by atomic mass is 79.9.